The van der Waals surface area contributed by atoms with Gasteiger partial charge in [0.05, 0.1) is 13.7 Å². The molecular weight excluding hydrogens is 312 g/mol. The molecule has 2 rings (SSSR count). The van der Waals surface area contributed by atoms with Crippen molar-refractivity contribution in [2.24, 2.45) is 0 Å². The van der Waals surface area contributed by atoms with Gasteiger partial charge in [0.1, 0.15) is 12.4 Å². The Hall–Kier alpha value is -2.67. The Kier molecular flexibility index (Phi) is 8.21. The number of hydrogen-bond donors (Lipinski definition) is 0. The van der Waals surface area contributed by atoms with Gasteiger partial charge in [0.25, 0.3) is 0 Å². The van der Waals surface area contributed by atoms with E-state index in [0.29, 0.717) is 24.9 Å². The summed E-state index contributed by atoms with van der Waals surface area (Å²) in [6, 6.07) is 5.82. The maximum atomic E-state index is 10.3. The number of hydrogen-bond acceptors (Lipinski definition) is 7. The molecule has 1 heterocycles. The van der Waals surface area contributed by atoms with Gasteiger partial charge in [-0.05, 0) is 18.6 Å². The summed E-state index contributed by atoms with van der Waals surface area (Å²) in [6.07, 6.45) is 1.12. The minimum atomic E-state index is -0.410. The molecular formula is C17H22N2O5. The highest BCUT2D eigenvalue weighted by atomic mass is 16.6. The average Bonchev–Trinajstić information content (AvgIpc) is 3.02. The number of benzene rings is 1. The van der Waals surface area contributed by atoms with Gasteiger partial charge < -0.3 is 18.7 Å². The highest BCUT2D eigenvalue weighted by molar-refractivity contribution is 5.81. The van der Waals surface area contributed by atoms with Gasteiger partial charge in [-0.1, -0.05) is 23.9 Å². The molecule has 0 aliphatic rings. The van der Waals surface area contributed by atoms with Crippen LogP contribution in [0.2, 0.25) is 0 Å². The molecule has 24 heavy (non-hydrogen) atoms. The van der Waals surface area contributed by atoms with Crippen molar-refractivity contribution in [3.8, 4) is 17.1 Å². The van der Waals surface area contributed by atoms with Gasteiger partial charge in [0.15, 0.2) is 0 Å². The van der Waals surface area contributed by atoms with Crippen LogP contribution in [0.1, 0.15) is 11.5 Å². The highest BCUT2D eigenvalue weighted by Gasteiger charge is 2.07. The van der Waals surface area contributed by atoms with Crippen molar-refractivity contribution in [2.45, 2.75) is 13.8 Å². The number of aryl methyl sites for hydroxylation is 2. The summed E-state index contributed by atoms with van der Waals surface area (Å²) in [5.74, 6) is 1.57. The zero-order chi connectivity index (χ0) is 17.9. The van der Waals surface area contributed by atoms with Crippen LogP contribution in [0.15, 0.2) is 35.4 Å². The highest BCUT2D eigenvalue weighted by Crippen LogP contribution is 2.24. The number of carbonyl (C=O) groups excluding carboxylic acids is 1. The van der Waals surface area contributed by atoms with Gasteiger partial charge in [-0.25, -0.2) is 4.79 Å². The first-order chi connectivity index (χ1) is 11.5. The summed E-state index contributed by atoms with van der Waals surface area (Å²) in [7, 11) is 3.19. The van der Waals surface area contributed by atoms with E-state index in [1.165, 1.54) is 0 Å². The number of aromatic nitrogens is 2. The first kappa shape index (κ1) is 19.4. The lowest BCUT2D eigenvalue weighted by molar-refractivity contribution is -0.138. The topological polar surface area (TPSA) is 83.7 Å². The first-order valence-corrected chi connectivity index (χ1v) is 7.25. The predicted octanol–water partition coefficient (Wildman–Crippen LogP) is 2.72. The fourth-order valence-corrected chi connectivity index (χ4v) is 1.66. The fourth-order valence-electron chi connectivity index (χ4n) is 1.66. The monoisotopic (exact) mass is 334 g/mol. The Labute approximate surface area is 141 Å². The molecule has 130 valence electrons. The van der Waals surface area contributed by atoms with Crippen LogP contribution in [0, 0.1) is 13.8 Å². The van der Waals surface area contributed by atoms with Crippen molar-refractivity contribution >= 4 is 5.97 Å². The van der Waals surface area contributed by atoms with Crippen LogP contribution in [-0.4, -0.2) is 43.5 Å². The maximum absolute atomic E-state index is 10.3. The summed E-state index contributed by atoms with van der Waals surface area (Å²) in [4.78, 5) is 14.4. The Morgan fingerprint density at radius 1 is 1.29 bits per heavy atom. The van der Waals surface area contributed by atoms with Crippen LogP contribution >= 0.6 is 0 Å². The molecule has 1 aromatic heterocycles. The van der Waals surface area contributed by atoms with E-state index in [1.807, 2.05) is 25.1 Å². The Morgan fingerprint density at radius 2 is 2.04 bits per heavy atom. The maximum Gasteiger partial charge on any atom is 0.330 e. The van der Waals surface area contributed by atoms with Crippen LogP contribution in [0.3, 0.4) is 0 Å². The van der Waals surface area contributed by atoms with Gasteiger partial charge in [0, 0.05) is 25.7 Å². The van der Waals surface area contributed by atoms with E-state index >= 15 is 0 Å². The zero-order valence-corrected chi connectivity index (χ0v) is 14.4. The van der Waals surface area contributed by atoms with Crippen molar-refractivity contribution < 1.29 is 23.5 Å². The quantitative estimate of drug-likeness (QED) is 0.456. The Balaban J connectivity index is 0.000000277. The van der Waals surface area contributed by atoms with Crippen molar-refractivity contribution in [3.05, 3.63) is 42.3 Å². The van der Waals surface area contributed by atoms with E-state index in [0.717, 1.165) is 23.0 Å². The standard InChI is InChI=1S/C11H12N2O2.C6H10O3/c1-7-4-5-9(6-10(7)14-3)11-12-8(2)15-13-11;1-3-6(7)9-5-4-8-2/h4-6H,1-3H3;3H,1,4-5H2,2H3. The van der Waals surface area contributed by atoms with Crippen LogP contribution < -0.4 is 4.74 Å². The summed E-state index contributed by atoms with van der Waals surface area (Å²) in [6.45, 7) is 7.70. The molecule has 0 saturated heterocycles. The van der Waals surface area contributed by atoms with Crippen LogP contribution in [0.4, 0.5) is 0 Å². The molecule has 0 fully saturated rings. The fraction of sp³-hybridized carbons (Fsp3) is 0.353. The molecule has 0 spiro atoms. The third-order valence-electron chi connectivity index (χ3n) is 2.89. The summed E-state index contributed by atoms with van der Waals surface area (Å²) >= 11 is 0. The smallest absolute Gasteiger partial charge is 0.330 e. The molecule has 0 aliphatic heterocycles. The molecule has 0 saturated carbocycles. The minimum Gasteiger partial charge on any atom is -0.496 e. The lowest BCUT2D eigenvalue weighted by Crippen LogP contribution is -2.06. The van der Waals surface area contributed by atoms with Crippen molar-refractivity contribution in [3.63, 3.8) is 0 Å². The van der Waals surface area contributed by atoms with Crippen molar-refractivity contribution in [2.75, 3.05) is 27.4 Å². The third kappa shape index (κ3) is 6.21. The van der Waals surface area contributed by atoms with E-state index in [1.54, 1.807) is 21.1 Å². The first-order valence-electron chi connectivity index (χ1n) is 7.25. The lowest BCUT2D eigenvalue weighted by Gasteiger charge is -2.04. The molecule has 0 bridgehead atoms. The predicted molar refractivity (Wildman–Crippen MR) is 88.8 cm³/mol. The molecule has 7 heteroatoms. The minimum absolute atomic E-state index is 0.293. The van der Waals surface area contributed by atoms with Gasteiger partial charge in [0.2, 0.25) is 11.7 Å². The van der Waals surface area contributed by atoms with E-state index in [2.05, 4.69) is 26.2 Å². The second kappa shape index (κ2) is 10.2. The molecule has 1 aromatic carbocycles. The van der Waals surface area contributed by atoms with Gasteiger partial charge in [-0.3, -0.25) is 0 Å². The Morgan fingerprint density at radius 3 is 2.58 bits per heavy atom. The van der Waals surface area contributed by atoms with Crippen molar-refractivity contribution in [1.29, 1.82) is 0 Å². The zero-order valence-electron chi connectivity index (χ0n) is 14.4. The number of carbonyl (C=O) groups is 1. The summed E-state index contributed by atoms with van der Waals surface area (Å²) in [5, 5.41) is 3.85. The van der Waals surface area contributed by atoms with E-state index in [9.17, 15) is 4.79 Å². The number of methoxy groups -OCH3 is 2. The summed E-state index contributed by atoms with van der Waals surface area (Å²) < 4.78 is 19.3. The van der Waals surface area contributed by atoms with Crippen LogP contribution in [0.5, 0.6) is 5.75 Å². The largest absolute Gasteiger partial charge is 0.496 e. The normalized spacial score (nSPS) is 9.67. The number of rotatable bonds is 6. The van der Waals surface area contributed by atoms with E-state index in [-0.39, 0.29) is 0 Å². The molecule has 0 aliphatic carbocycles. The lowest BCUT2D eigenvalue weighted by atomic mass is 10.1. The summed E-state index contributed by atoms with van der Waals surface area (Å²) in [5.41, 5.74) is 1.98. The SMILES string of the molecule is C=CC(=O)OCCOC.COc1cc(-c2noc(C)n2)ccc1C. The molecule has 0 amide bonds. The van der Waals surface area contributed by atoms with E-state index < -0.39 is 5.97 Å². The number of esters is 1. The van der Waals surface area contributed by atoms with Gasteiger partial charge >= 0.3 is 5.97 Å². The third-order valence-corrected chi connectivity index (χ3v) is 2.89. The van der Waals surface area contributed by atoms with Crippen LogP contribution in [-0.2, 0) is 14.3 Å². The van der Waals surface area contributed by atoms with E-state index in [4.69, 9.17) is 9.26 Å². The van der Waals surface area contributed by atoms with Crippen LogP contribution in [0.25, 0.3) is 11.4 Å². The van der Waals surface area contributed by atoms with Gasteiger partial charge in [-0.15, -0.1) is 0 Å². The molecule has 0 N–H and O–H groups in total. The molecule has 2 aromatic rings. The average molecular weight is 334 g/mol. The second-order valence-electron chi connectivity index (χ2n) is 4.69. The number of nitrogens with zero attached hydrogens (tertiary/aromatic N) is 2. The molecule has 0 unspecified atom stereocenters. The molecule has 0 atom stereocenters. The van der Waals surface area contributed by atoms with Gasteiger partial charge in [-0.2, -0.15) is 4.98 Å². The number of ether oxygens (including phenoxy) is 3. The molecule has 0 radical (unpaired) electrons. The second-order valence-corrected chi connectivity index (χ2v) is 4.69. The van der Waals surface area contributed by atoms with Crippen molar-refractivity contribution in [1.82, 2.24) is 10.1 Å². The Bertz CT molecular complexity index is 667. The molecule has 7 nitrogen and oxygen atoms in total.